The predicted octanol–water partition coefficient (Wildman–Crippen LogP) is 2.85. The van der Waals surface area contributed by atoms with Crippen molar-refractivity contribution >= 4 is 11.9 Å². The minimum absolute atomic E-state index is 0.370. The predicted molar refractivity (Wildman–Crippen MR) is 102 cm³/mol. The molecule has 4 rings (SSSR count). The Morgan fingerprint density at radius 2 is 1.75 bits per heavy atom. The van der Waals surface area contributed by atoms with Gasteiger partial charge in [0, 0.05) is 28.6 Å². The van der Waals surface area contributed by atoms with E-state index in [-0.39, 0.29) is 5.91 Å². The highest BCUT2D eigenvalue weighted by Crippen LogP contribution is 2.55. The first-order valence-corrected chi connectivity index (χ1v) is 9.31. The Hall–Kier alpha value is -2.96. The van der Waals surface area contributed by atoms with Crippen molar-refractivity contribution in [3.8, 4) is 17.2 Å². The minimum atomic E-state index is -1.20. The number of rotatable bonds is 4. The topological polar surface area (TPSA) is 89.8 Å². The van der Waals surface area contributed by atoms with Gasteiger partial charge in [-0.15, -0.1) is 0 Å². The summed E-state index contributed by atoms with van der Waals surface area (Å²) in [5, 5.41) is 12.4. The Morgan fingerprint density at radius 3 is 2.36 bits per heavy atom. The maximum absolute atomic E-state index is 12.9. The van der Waals surface area contributed by atoms with Gasteiger partial charge in [-0.25, -0.2) is 4.79 Å². The maximum atomic E-state index is 12.9. The average molecular weight is 384 g/mol. The molecule has 2 aromatic rings. The molecule has 1 fully saturated rings. The van der Waals surface area contributed by atoms with Gasteiger partial charge in [-0.05, 0) is 38.5 Å². The van der Waals surface area contributed by atoms with E-state index in [1.807, 2.05) is 50.5 Å². The number of carbonyl (C=O) groups is 2. The van der Waals surface area contributed by atoms with E-state index < -0.39 is 16.9 Å². The first kappa shape index (κ1) is 18.4. The number of nitrogens with zero attached hydrogens (tertiary/aromatic N) is 1. The van der Waals surface area contributed by atoms with Crippen molar-refractivity contribution in [2.75, 3.05) is 13.2 Å². The van der Waals surface area contributed by atoms with Gasteiger partial charge >= 0.3 is 5.97 Å². The third-order valence-electron chi connectivity index (χ3n) is 5.89. The van der Waals surface area contributed by atoms with E-state index in [0.29, 0.717) is 36.7 Å². The van der Waals surface area contributed by atoms with Gasteiger partial charge in [0.05, 0.1) is 5.56 Å². The van der Waals surface area contributed by atoms with Gasteiger partial charge in [0.15, 0.2) is 11.5 Å². The lowest BCUT2D eigenvalue weighted by Crippen LogP contribution is -2.46. The second-order valence-corrected chi connectivity index (χ2v) is 8.17. The molecule has 0 saturated heterocycles. The van der Waals surface area contributed by atoms with E-state index in [2.05, 4.69) is 5.32 Å². The fourth-order valence-corrected chi connectivity index (χ4v) is 4.07. The number of ether oxygens (including phenoxy) is 2. The van der Waals surface area contributed by atoms with Crippen LogP contribution in [0.3, 0.4) is 0 Å². The Labute approximate surface area is 163 Å². The molecule has 1 unspecified atom stereocenters. The lowest BCUT2D eigenvalue weighted by Gasteiger charge is -2.20. The van der Waals surface area contributed by atoms with E-state index in [0.717, 1.165) is 17.1 Å². The number of nitrogens with one attached hydrogen (secondary N) is 1. The Bertz CT molecular complexity index is 991. The molecule has 1 aromatic carbocycles. The number of fused-ring (bicyclic) bond motifs is 1. The van der Waals surface area contributed by atoms with E-state index >= 15 is 0 Å². The van der Waals surface area contributed by atoms with Crippen LogP contribution in [0, 0.1) is 19.3 Å². The normalized spacial score (nSPS) is 21.9. The Morgan fingerprint density at radius 1 is 1.11 bits per heavy atom. The number of aliphatic carboxylic acids is 1. The smallest absolute Gasteiger partial charge is 0.330 e. The van der Waals surface area contributed by atoms with Gasteiger partial charge < -0.3 is 24.5 Å². The molecule has 7 nitrogen and oxygen atoms in total. The number of benzene rings is 1. The van der Waals surface area contributed by atoms with E-state index in [1.165, 1.54) is 0 Å². The molecule has 1 aliphatic heterocycles. The summed E-state index contributed by atoms with van der Waals surface area (Å²) in [5.41, 5.74) is 1.28. The standard InChI is InChI=1S/C21H24N2O5/c1-12-9-15(18(24)22-21(19(25)26)11-20(21,3)4)13(2)23(12)14-5-6-16-17(10-14)28-8-7-27-16/h5-6,9-10H,7-8,11H2,1-4H3,(H,22,24)(H,25,26). The van der Waals surface area contributed by atoms with E-state index in [1.54, 1.807) is 6.07 Å². The van der Waals surface area contributed by atoms with Crippen LogP contribution in [0.2, 0.25) is 0 Å². The first-order chi connectivity index (χ1) is 13.2. The summed E-state index contributed by atoms with van der Waals surface area (Å²) in [5.74, 6) is 0.0120. The highest BCUT2D eigenvalue weighted by Gasteiger charge is 2.68. The van der Waals surface area contributed by atoms with Crippen LogP contribution in [0.4, 0.5) is 0 Å². The number of hydrogen-bond donors (Lipinski definition) is 2. The maximum Gasteiger partial charge on any atom is 0.330 e. The molecule has 2 N–H and O–H groups in total. The zero-order valence-corrected chi connectivity index (χ0v) is 16.5. The fourth-order valence-electron chi connectivity index (χ4n) is 4.07. The summed E-state index contributed by atoms with van der Waals surface area (Å²) in [4.78, 5) is 24.6. The first-order valence-electron chi connectivity index (χ1n) is 9.31. The quantitative estimate of drug-likeness (QED) is 0.846. The summed E-state index contributed by atoms with van der Waals surface area (Å²) < 4.78 is 13.2. The van der Waals surface area contributed by atoms with E-state index in [9.17, 15) is 14.7 Å². The van der Waals surface area contributed by atoms with Crippen LogP contribution < -0.4 is 14.8 Å². The zero-order chi connectivity index (χ0) is 20.3. The molecule has 28 heavy (non-hydrogen) atoms. The van der Waals surface area contributed by atoms with Gasteiger partial charge in [-0.2, -0.15) is 0 Å². The second-order valence-electron chi connectivity index (χ2n) is 8.17. The molecule has 1 saturated carbocycles. The molecule has 1 aliphatic carbocycles. The number of carboxylic acids is 1. The van der Waals surface area contributed by atoms with Gasteiger partial charge in [-0.1, -0.05) is 13.8 Å². The van der Waals surface area contributed by atoms with Crippen molar-refractivity contribution in [2.45, 2.75) is 39.7 Å². The molecule has 0 spiro atoms. The molecule has 1 atom stereocenters. The van der Waals surface area contributed by atoms with Gasteiger partial charge in [0.25, 0.3) is 5.91 Å². The minimum Gasteiger partial charge on any atom is -0.486 e. The van der Waals surface area contributed by atoms with Gasteiger partial charge in [-0.3, -0.25) is 4.79 Å². The molecule has 0 bridgehead atoms. The van der Waals surface area contributed by atoms with Crippen LogP contribution in [0.5, 0.6) is 11.5 Å². The van der Waals surface area contributed by atoms with Crippen molar-refractivity contribution in [1.82, 2.24) is 9.88 Å². The summed E-state index contributed by atoms with van der Waals surface area (Å²) >= 11 is 0. The van der Waals surface area contributed by atoms with Gasteiger partial charge in [0.2, 0.25) is 0 Å². The van der Waals surface area contributed by atoms with Crippen LogP contribution in [0.1, 0.15) is 42.0 Å². The summed E-state index contributed by atoms with van der Waals surface area (Å²) in [6.07, 6.45) is 0.419. The van der Waals surface area contributed by atoms with Crippen LogP contribution in [0.15, 0.2) is 24.3 Å². The van der Waals surface area contributed by atoms with E-state index in [4.69, 9.17) is 9.47 Å². The van der Waals surface area contributed by atoms with Crippen molar-refractivity contribution in [3.05, 3.63) is 41.2 Å². The largest absolute Gasteiger partial charge is 0.486 e. The second kappa shape index (κ2) is 6.02. The van der Waals surface area contributed by atoms with Crippen LogP contribution >= 0.6 is 0 Å². The Kier molecular flexibility index (Phi) is 3.96. The highest BCUT2D eigenvalue weighted by molar-refractivity contribution is 6.00. The molecule has 2 heterocycles. The van der Waals surface area contributed by atoms with Crippen molar-refractivity contribution in [3.63, 3.8) is 0 Å². The van der Waals surface area contributed by atoms with Crippen LogP contribution in [-0.4, -0.2) is 40.3 Å². The number of aromatic nitrogens is 1. The summed E-state index contributed by atoms with van der Waals surface area (Å²) in [6.45, 7) is 8.49. The average Bonchev–Trinajstić information content (AvgIpc) is 3.07. The van der Waals surface area contributed by atoms with Crippen LogP contribution in [-0.2, 0) is 4.79 Å². The molecule has 1 aromatic heterocycles. The summed E-state index contributed by atoms with van der Waals surface area (Å²) in [6, 6.07) is 7.44. The molecule has 2 aliphatic rings. The lowest BCUT2D eigenvalue weighted by atomic mass is 10.0. The third kappa shape index (κ3) is 2.65. The Balaban J connectivity index is 1.67. The highest BCUT2D eigenvalue weighted by atomic mass is 16.6. The molecular weight excluding hydrogens is 360 g/mol. The number of aryl methyl sites for hydroxylation is 1. The zero-order valence-electron chi connectivity index (χ0n) is 16.5. The number of amides is 1. The monoisotopic (exact) mass is 384 g/mol. The molecule has 0 radical (unpaired) electrons. The lowest BCUT2D eigenvalue weighted by molar-refractivity contribution is -0.141. The number of hydrogen-bond acceptors (Lipinski definition) is 4. The fraction of sp³-hybridized carbons (Fsp3) is 0.429. The molecule has 1 amide bonds. The van der Waals surface area contributed by atoms with Crippen molar-refractivity contribution < 1.29 is 24.2 Å². The number of carboxylic acid groups (broad SMARTS) is 1. The van der Waals surface area contributed by atoms with Crippen LogP contribution in [0.25, 0.3) is 5.69 Å². The molecular formula is C21H24N2O5. The van der Waals surface area contributed by atoms with Crippen molar-refractivity contribution in [1.29, 1.82) is 0 Å². The number of carbonyl (C=O) groups excluding carboxylic acids is 1. The SMILES string of the molecule is Cc1cc(C(=O)NC2(C(=O)O)CC2(C)C)c(C)n1-c1ccc2c(c1)OCCO2. The third-order valence-corrected chi connectivity index (χ3v) is 5.89. The summed E-state index contributed by atoms with van der Waals surface area (Å²) in [7, 11) is 0. The van der Waals surface area contributed by atoms with Crippen molar-refractivity contribution in [2.24, 2.45) is 5.41 Å². The molecule has 148 valence electrons. The molecule has 7 heteroatoms. The van der Waals surface area contributed by atoms with Gasteiger partial charge in [0.1, 0.15) is 18.8 Å².